The van der Waals surface area contributed by atoms with Crippen molar-refractivity contribution in [2.45, 2.75) is 25.3 Å². The van der Waals surface area contributed by atoms with Gasteiger partial charge in [0.15, 0.2) is 0 Å². The molecule has 0 radical (unpaired) electrons. The van der Waals surface area contributed by atoms with Crippen molar-refractivity contribution in [3.63, 3.8) is 0 Å². The summed E-state index contributed by atoms with van der Waals surface area (Å²) >= 11 is 5.13. The molecule has 4 rings (SSSR count). The molecule has 21 heavy (non-hydrogen) atoms. The SMILES string of the molecule is O=C(NCc1ccc(Br)s1)C1C2CCc3ccccc3C21. The molecule has 1 aromatic carbocycles. The van der Waals surface area contributed by atoms with Gasteiger partial charge in [0.2, 0.25) is 5.91 Å². The molecule has 1 amide bonds. The summed E-state index contributed by atoms with van der Waals surface area (Å²) in [5.41, 5.74) is 2.85. The molecule has 0 aliphatic heterocycles. The van der Waals surface area contributed by atoms with E-state index in [1.165, 1.54) is 16.0 Å². The zero-order valence-corrected chi connectivity index (χ0v) is 13.9. The zero-order chi connectivity index (χ0) is 14.4. The molecule has 3 atom stereocenters. The summed E-state index contributed by atoms with van der Waals surface area (Å²) < 4.78 is 1.11. The number of aryl methyl sites for hydroxylation is 1. The predicted molar refractivity (Wildman–Crippen MR) is 88.3 cm³/mol. The molecule has 0 saturated heterocycles. The lowest BCUT2D eigenvalue weighted by atomic mass is 9.92. The van der Waals surface area contributed by atoms with Crippen molar-refractivity contribution in [1.29, 1.82) is 0 Å². The van der Waals surface area contributed by atoms with Gasteiger partial charge < -0.3 is 5.32 Å². The van der Waals surface area contributed by atoms with Gasteiger partial charge in [0.05, 0.1) is 10.3 Å². The molecule has 1 aromatic heterocycles. The fourth-order valence-electron chi connectivity index (χ4n) is 3.66. The highest BCUT2D eigenvalue weighted by molar-refractivity contribution is 9.11. The Labute approximate surface area is 136 Å². The highest BCUT2D eigenvalue weighted by Crippen LogP contribution is 2.59. The molecule has 1 N–H and O–H groups in total. The van der Waals surface area contributed by atoms with E-state index in [4.69, 9.17) is 0 Å². The number of amides is 1. The lowest BCUT2D eigenvalue weighted by Crippen LogP contribution is -2.25. The van der Waals surface area contributed by atoms with Crippen molar-refractivity contribution in [3.05, 3.63) is 56.2 Å². The van der Waals surface area contributed by atoms with Crippen LogP contribution in [-0.4, -0.2) is 5.91 Å². The summed E-state index contributed by atoms with van der Waals surface area (Å²) in [6, 6.07) is 12.7. The summed E-state index contributed by atoms with van der Waals surface area (Å²) in [5, 5.41) is 3.11. The topological polar surface area (TPSA) is 29.1 Å². The molecule has 0 bridgehead atoms. The van der Waals surface area contributed by atoms with Gasteiger partial charge >= 0.3 is 0 Å². The average Bonchev–Trinajstić information content (AvgIpc) is 3.11. The first-order valence-electron chi connectivity index (χ1n) is 7.34. The Bertz CT molecular complexity index is 696. The van der Waals surface area contributed by atoms with Crippen LogP contribution in [0.2, 0.25) is 0 Å². The number of fused-ring (bicyclic) bond motifs is 3. The maximum Gasteiger partial charge on any atom is 0.224 e. The molecule has 1 saturated carbocycles. The lowest BCUT2D eigenvalue weighted by Gasteiger charge is -2.13. The van der Waals surface area contributed by atoms with Crippen LogP contribution in [-0.2, 0) is 17.8 Å². The van der Waals surface area contributed by atoms with E-state index in [1.807, 2.05) is 6.07 Å². The molecule has 1 heterocycles. The van der Waals surface area contributed by atoms with Gasteiger partial charge in [-0.1, -0.05) is 24.3 Å². The summed E-state index contributed by atoms with van der Waals surface area (Å²) in [6.45, 7) is 0.646. The fraction of sp³-hybridized carbons (Fsp3) is 0.353. The van der Waals surface area contributed by atoms with Crippen LogP contribution < -0.4 is 5.32 Å². The summed E-state index contributed by atoms with van der Waals surface area (Å²) in [5.74, 6) is 1.45. The second kappa shape index (κ2) is 5.25. The Hall–Kier alpha value is -1.13. The van der Waals surface area contributed by atoms with Crippen LogP contribution in [0.3, 0.4) is 0 Å². The largest absolute Gasteiger partial charge is 0.351 e. The van der Waals surface area contributed by atoms with Gasteiger partial charge in [0, 0.05) is 10.8 Å². The summed E-state index contributed by atoms with van der Waals surface area (Å²) in [4.78, 5) is 13.6. The number of hydrogen-bond donors (Lipinski definition) is 1. The minimum atomic E-state index is 0.192. The van der Waals surface area contributed by atoms with E-state index in [2.05, 4.69) is 51.6 Å². The number of thiophene rings is 1. The van der Waals surface area contributed by atoms with E-state index in [0.29, 0.717) is 18.4 Å². The van der Waals surface area contributed by atoms with Crippen molar-refractivity contribution in [1.82, 2.24) is 5.32 Å². The van der Waals surface area contributed by atoms with Crippen LogP contribution in [0, 0.1) is 11.8 Å². The van der Waals surface area contributed by atoms with Gasteiger partial charge in [-0.25, -0.2) is 0 Å². The van der Waals surface area contributed by atoms with E-state index >= 15 is 0 Å². The zero-order valence-electron chi connectivity index (χ0n) is 11.5. The number of hydrogen-bond acceptors (Lipinski definition) is 2. The summed E-state index contributed by atoms with van der Waals surface area (Å²) in [7, 11) is 0. The van der Waals surface area contributed by atoms with Crippen LogP contribution >= 0.6 is 27.3 Å². The smallest absolute Gasteiger partial charge is 0.224 e. The molecule has 2 aromatic rings. The number of rotatable bonds is 3. The fourth-order valence-corrected chi connectivity index (χ4v) is 5.09. The Morgan fingerprint density at radius 3 is 2.95 bits per heavy atom. The maximum atomic E-state index is 12.4. The molecule has 108 valence electrons. The van der Waals surface area contributed by atoms with Gasteiger partial charge in [-0.3, -0.25) is 4.79 Å². The first-order valence-corrected chi connectivity index (χ1v) is 8.95. The van der Waals surface area contributed by atoms with Gasteiger partial charge in [0.1, 0.15) is 0 Å². The van der Waals surface area contributed by atoms with Gasteiger partial charge in [-0.2, -0.15) is 0 Å². The minimum Gasteiger partial charge on any atom is -0.351 e. The molecule has 2 nitrogen and oxygen atoms in total. The minimum absolute atomic E-state index is 0.192. The Morgan fingerprint density at radius 1 is 1.29 bits per heavy atom. The van der Waals surface area contributed by atoms with Crippen molar-refractivity contribution >= 4 is 33.2 Å². The first kappa shape index (κ1) is 13.5. The third kappa shape index (κ3) is 2.44. The van der Waals surface area contributed by atoms with Crippen LogP contribution in [0.5, 0.6) is 0 Å². The van der Waals surface area contributed by atoms with Crippen LogP contribution in [0.15, 0.2) is 40.2 Å². The molecule has 0 spiro atoms. The molecule has 2 aliphatic carbocycles. The van der Waals surface area contributed by atoms with E-state index < -0.39 is 0 Å². The van der Waals surface area contributed by atoms with Crippen molar-refractivity contribution in [2.75, 3.05) is 0 Å². The Balaban J connectivity index is 1.43. The lowest BCUT2D eigenvalue weighted by molar-refractivity contribution is -0.122. The van der Waals surface area contributed by atoms with Crippen LogP contribution in [0.25, 0.3) is 0 Å². The second-order valence-electron chi connectivity index (χ2n) is 5.88. The van der Waals surface area contributed by atoms with E-state index in [-0.39, 0.29) is 11.8 Å². The monoisotopic (exact) mass is 361 g/mol. The molecule has 2 aliphatic rings. The summed E-state index contributed by atoms with van der Waals surface area (Å²) in [6.07, 6.45) is 2.28. The Morgan fingerprint density at radius 2 is 2.14 bits per heavy atom. The van der Waals surface area contributed by atoms with Crippen molar-refractivity contribution in [2.24, 2.45) is 11.8 Å². The van der Waals surface area contributed by atoms with Gasteiger partial charge in [0.25, 0.3) is 0 Å². The molecule has 1 fully saturated rings. The quantitative estimate of drug-likeness (QED) is 0.875. The van der Waals surface area contributed by atoms with E-state index in [1.54, 1.807) is 11.3 Å². The third-order valence-electron chi connectivity index (χ3n) is 4.70. The maximum absolute atomic E-state index is 12.4. The average molecular weight is 362 g/mol. The standard InChI is InChI=1S/C17H16BrNOS/c18-14-8-6-11(21-14)9-19-17(20)16-13-7-5-10-3-1-2-4-12(10)15(13)16/h1-4,6,8,13,15-16H,5,7,9H2,(H,19,20). The highest BCUT2D eigenvalue weighted by atomic mass is 79.9. The highest BCUT2D eigenvalue weighted by Gasteiger charge is 2.56. The van der Waals surface area contributed by atoms with Gasteiger partial charge in [-0.05, 0) is 63.9 Å². The van der Waals surface area contributed by atoms with E-state index in [0.717, 1.165) is 16.6 Å². The van der Waals surface area contributed by atoms with Crippen molar-refractivity contribution < 1.29 is 4.79 Å². The normalized spacial score (nSPS) is 25.9. The van der Waals surface area contributed by atoms with Crippen LogP contribution in [0.4, 0.5) is 0 Å². The van der Waals surface area contributed by atoms with Crippen molar-refractivity contribution in [3.8, 4) is 0 Å². The predicted octanol–water partition coefficient (Wildman–Crippen LogP) is 4.10. The molecular formula is C17H16BrNOS. The molecular weight excluding hydrogens is 346 g/mol. The van der Waals surface area contributed by atoms with E-state index in [9.17, 15) is 4.79 Å². The Kier molecular flexibility index (Phi) is 3.38. The second-order valence-corrected chi connectivity index (χ2v) is 8.42. The first-order chi connectivity index (χ1) is 10.2. The third-order valence-corrected chi connectivity index (χ3v) is 6.32. The molecule has 3 unspecified atom stereocenters. The molecule has 4 heteroatoms. The number of carbonyl (C=O) groups excluding carboxylic acids is 1. The van der Waals surface area contributed by atoms with Crippen LogP contribution in [0.1, 0.15) is 28.3 Å². The number of nitrogens with one attached hydrogen (secondary N) is 1. The number of benzene rings is 1. The number of halogens is 1. The van der Waals surface area contributed by atoms with Gasteiger partial charge in [-0.15, -0.1) is 11.3 Å². The number of carbonyl (C=O) groups is 1.